The van der Waals surface area contributed by atoms with E-state index in [9.17, 15) is 9.90 Å². The third-order valence-corrected chi connectivity index (χ3v) is 5.61. The molecule has 0 saturated carbocycles. The van der Waals surface area contributed by atoms with Gasteiger partial charge in [-0.05, 0) is 53.9 Å². The average molecular weight is 420 g/mol. The topological polar surface area (TPSA) is 84.3 Å². The largest absolute Gasteiger partial charge is 0.493 e. The molecular formula is C23H21N3O3S. The lowest BCUT2D eigenvalue weighted by Crippen LogP contribution is -2.07. The van der Waals surface area contributed by atoms with Crippen LogP contribution in [0.15, 0.2) is 60.2 Å². The van der Waals surface area contributed by atoms with Crippen molar-refractivity contribution in [3.05, 3.63) is 71.4 Å². The maximum absolute atomic E-state index is 11.4. The second-order valence-electron chi connectivity index (χ2n) is 6.71. The fraction of sp³-hybridized carbons (Fsp3) is 0.174. The maximum Gasteiger partial charge on any atom is 0.339 e. The Morgan fingerprint density at radius 3 is 2.87 bits per heavy atom. The first-order valence-corrected chi connectivity index (χ1v) is 10.5. The summed E-state index contributed by atoms with van der Waals surface area (Å²) in [4.78, 5) is 20.0. The summed E-state index contributed by atoms with van der Waals surface area (Å²) in [7, 11) is 0. The number of carboxylic acids is 1. The molecule has 152 valence electrons. The van der Waals surface area contributed by atoms with E-state index in [1.165, 1.54) is 22.0 Å². The van der Waals surface area contributed by atoms with Crippen LogP contribution >= 0.6 is 11.3 Å². The number of fused-ring (bicyclic) bond motifs is 1. The van der Waals surface area contributed by atoms with Crippen molar-refractivity contribution in [1.82, 2.24) is 9.97 Å². The second-order valence-corrected chi connectivity index (χ2v) is 7.65. The zero-order valence-corrected chi connectivity index (χ0v) is 17.3. The standard InChI is InChI=1S/C23H21N3O3S/c1-2-29-20-12-16(4-5-18(20)23(27)28)19-13-22(26-14-25-19)24-9-7-15-3-6-21-17(11-15)8-10-30-21/h3-6,8,10-14H,2,7,9H2,1H3,(H,27,28)(H,24,25,26). The Morgan fingerprint density at radius 1 is 1.13 bits per heavy atom. The molecule has 0 bridgehead atoms. The van der Waals surface area contributed by atoms with Crippen LogP contribution in [0.4, 0.5) is 5.82 Å². The number of hydrogen-bond acceptors (Lipinski definition) is 6. The minimum atomic E-state index is -1.02. The fourth-order valence-corrected chi connectivity index (χ4v) is 4.02. The number of nitrogens with zero attached hydrogens (tertiary/aromatic N) is 2. The maximum atomic E-state index is 11.4. The van der Waals surface area contributed by atoms with E-state index in [1.807, 2.05) is 13.0 Å². The minimum absolute atomic E-state index is 0.135. The van der Waals surface area contributed by atoms with E-state index >= 15 is 0 Å². The molecule has 0 aliphatic rings. The van der Waals surface area contributed by atoms with E-state index in [2.05, 4.69) is 44.9 Å². The van der Waals surface area contributed by atoms with E-state index in [0.29, 0.717) is 18.1 Å². The number of aromatic nitrogens is 2. The molecule has 2 N–H and O–H groups in total. The number of carboxylic acid groups (broad SMARTS) is 1. The van der Waals surface area contributed by atoms with E-state index in [1.54, 1.807) is 29.5 Å². The molecule has 2 aromatic carbocycles. The number of benzene rings is 2. The Morgan fingerprint density at radius 2 is 2.03 bits per heavy atom. The Bertz CT molecular complexity index is 1190. The lowest BCUT2D eigenvalue weighted by molar-refractivity contribution is 0.0692. The van der Waals surface area contributed by atoms with Gasteiger partial charge in [0.2, 0.25) is 0 Å². The van der Waals surface area contributed by atoms with E-state index in [0.717, 1.165) is 24.3 Å². The Balaban J connectivity index is 1.47. The van der Waals surface area contributed by atoms with Crippen molar-refractivity contribution < 1.29 is 14.6 Å². The molecule has 2 aromatic heterocycles. The molecule has 0 unspecified atom stereocenters. The summed E-state index contributed by atoms with van der Waals surface area (Å²) in [6.45, 7) is 2.95. The molecule has 30 heavy (non-hydrogen) atoms. The minimum Gasteiger partial charge on any atom is -0.493 e. The zero-order chi connectivity index (χ0) is 20.9. The summed E-state index contributed by atoms with van der Waals surface area (Å²) in [6.07, 6.45) is 2.38. The molecule has 4 aromatic rings. The van der Waals surface area contributed by atoms with Crippen LogP contribution in [0.5, 0.6) is 5.75 Å². The van der Waals surface area contributed by atoms with Gasteiger partial charge in [-0.2, -0.15) is 0 Å². The summed E-state index contributed by atoms with van der Waals surface area (Å²) in [5, 5.41) is 16.0. The van der Waals surface area contributed by atoms with Crippen molar-refractivity contribution in [1.29, 1.82) is 0 Å². The summed E-state index contributed by atoms with van der Waals surface area (Å²) in [6, 6.07) is 15.5. The molecule has 0 fully saturated rings. The Kier molecular flexibility index (Phi) is 5.90. The highest BCUT2D eigenvalue weighted by atomic mass is 32.1. The van der Waals surface area contributed by atoms with Gasteiger partial charge in [0.25, 0.3) is 0 Å². The monoisotopic (exact) mass is 419 g/mol. The van der Waals surface area contributed by atoms with Gasteiger partial charge in [0.05, 0.1) is 12.3 Å². The molecule has 0 amide bonds. The lowest BCUT2D eigenvalue weighted by atomic mass is 10.1. The number of carbonyl (C=O) groups is 1. The molecule has 2 heterocycles. The number of ether oxygens (including phenoxy) is 1. The van der Waals surface area contributed by atoms with Gasteiger partial charge >= 0.3 is 5.97 Å². The molecule has 0 saturated heterocycles. The first-order valence-electron chi connectivity index (χ1n) is 9.66. The van der Waals surface area contributed by atoms with Gasteiger partial charge in [-0.3, -0.25) is 0 Å². The molecule has 0 radical (unpaired) electrons. The van der Waals surface area contributed by atoms with Crippen molar-refractivity contribution in [2.75, 3.05) is 18.5 Å². The third kappa shape index (κ3) is 4.41. The Labute approximate surface area is 178 Å². The smallest absolute Gasteiger partial charge is 0.339 e. The van der Waals surface area contributed by atoms with Crippen LogP contribution in [0.1, 0.15) is 22.8 Å². The molecule has 0 aliphatic carbocycles. The molecular weight excluding hydrogens is 398 g/mol. The van der Waals surface area contributed by atoms with E-state index < -0.39 is 5.97 Å². The average Bonchev–Trinajstić information content (AvgIpc) is 3.22. The van der Waals surface area contributed by atoms with Gasteiger partial charge < -0.3 is 15.2 Å². The van der Waals surface area contributed by atoms with Crippen LogP contribution in [-0.4, -0.2) is 34.2 Å². The normalized spacial score (nSPS) is 10.8. The van der Waals surface area contributed by atoms with Gasteiger partial charge in [0.15, 0.2) is 0 Å². The van der Waals surface area contributed by atoms with Crippen molar-refractivity contribution in [3.63, 3.8) is 0 Å². The first-order chi connectivity index (χ1) is 14.6. The highest BCUT2D eigenvalue weighted by molar-refractivity contribution is 7.17. The van der Waals surface area contributed by atoms with Crippen molar-refractivity contribution >= 4 is 33.2 Å². The Hall–Kier alpha value is -3.45. The number of nitrogens with one attached hydrogen (secondary N) is 1. The van der Waals surface area contributed by atoms with Crippen LogP contribution in [0.25, 0.3) is 21.3 Å². The number of anilines is 1. The third-order valence-electron chi connectivity index (χ3n) is 4.71. The highest BCUT2D eigenvalue weighted by Gasteiger charge is 2.13. The molecule has 7 heteroatoms. The summed E-state index contributed by atoms with van der Waals surface area (Å²) in [5.74, 6) is 0.0343. The van der Waals surface area contributed by atoms with Crippen molar-refractivity contribution in [2.45, 2.75) is 13.3 Å². The van der Waals surface area contributed by atoms with Gasteiger partial charge in [-0.25, -0.2) is 14.8 Å². The number of thiophene rings is 1. The van der Waals surface area contributed by atoms with Crippen LogP contribution in [0.3, 0.4) is 0 Å². The van der Waals surface area contributed by atoms with Gasteiger partial charge in [-0.1, -0.05) is 18.2 Å². The van der Waals surface area contributed by atoms with Crippen LogP contribution in [0.2, 0.25) is 0 Å². The van der Waals surface area contributed by atoms with Crippen molar-refractivity contribution in [2.24, 2.45) is 0 Å². The molecule has 0 aliphatic heterocycles. The zero-order valence-electron chi connectivity index (χ0n) is 16.5. The van der Waals surface area contributed by atoms with Crippen LogP contribution in [0, 0.1) is 0 Å². The number of aromatic carboxylic acids is 1. The lowest BCUT2D eigenvalue weighted by Gasteiger charge is -2.10. The number of rotatable bonds is 8. The predicted octanol–water partition coefficient (Wildman–Crippen LogP) is 5.11. The predicted molar refractivity (Wildman–Crippen MR) is 120 cm³/mol. The first kappa shape index (κ1) is 19.8. The molecule has 0 atom stereocenters. The number of hydrogen-bond donors (Lipinski definition) is 2. The highest BCUT2D eigenvalue weighted by Crippen LogP contribution is 2.27. The van der Waals surface area contributed by atoms with Gasteiger partial charge in [0, 0.05) is 22.9 Å². The van der Waals surface area contributed by atoms with Gasteiger partial charge in [0.1, 0.15) is 23.5 Å². The van der Waals surface area contributed by atoms with E-state index in [-0.39, 0.29) is 5.56 Å². The quantitative estimate of drug-likeness (QED) is 0.413. The molecule has 6 nitrogen and oxygen atoms in total. The summed E-state index contributed by atoms with van der Waals surface area (Å²) >= 11 is 1.75. The molecule has 4 rings (SSSR count). The van der Waals surface area contributed by atoms with Crippen LogP contribution in [-0.2, 0) is 6.42 Å². The van der Waals surface area contributed by atoms with Crippen LogP contribution < -0.4 is 10.1 Å². The van der Waals surface area contributed by atoms with E-state index in [4.69, 9.17) is 4.74 Å². The fourth-order valence-electron chi connectivity index (χ4n) is 3.25. The summed E-state index contributed by atoms with van der Waals surface area (Å²) in [5.41, 5.74) is 2.88. The van der Waals surface area contributed by atoms with Gasteiger partial charge in [-0.15, -0.1) is 11.3 Å². The molecule has 0 spiro atoms. The SMILES string of the molecule is CCOc1cc(-c2cc(NCCc3ccc4sccc4c3)ncn2)ccc1C(=O)O. The van der Waals surface area contributed by atoms with Crippen molar-refractivity contribution in [3.8, 4) is 17.0 Å². The second kappa shape index (κ2) is 8.92. The summed E-state index contributed by atoms with van der Waals surface area (Å²) < 4.78 is 6.79.